The lowest BCUT2D eigenvalue weighted by molar-refractivity contribution is -0.130. The number of amides is 1. The Hall–Kier alpha value is -1.89. The molecule has 0 saturated carbocycles. The Morgan fingerprint density at radius 2 is 1.68 bits per heavy atom. The Kier molecular flexibility index (Phi) is 6.43. The molecule has 3 rings (SSSR count). The van der Waals surface area contributed by atoms with E-state index in [1.54, 1.807) is 12.1 Å². The van der Waals surface area contributed by atoms with Crippen LogP contribution in [0.4, 0.5) is 0 Å². The van der Waals surface area contributed by atoms with E-state index in [1.807, 2.05) is 36.4 Å². The standard InChI is InChI=1S/C21H24ClNO4S/c1-28(25,26)15-17-8-6-16(7-9-17)14-23-20(24)21(10-12-27-13-11-21)18-4-2-3-5-19(18)22/h2-9H,10-15H2,1H3,(H,23,24). The molecule has 2 aromatic rings. The molecule has 1 saturated heterocycles. The molecular formula is C21H24ClNO4S. The first-order valence-electron chi connectivity index (χ1n) is 9.17. The second kappa shape index (κ2) is 8.64. The van der Waals surface area contributed by atoms with E-state index < -0.39 is 15.3 Å². The smallest absolute Gasteiger partial charge is 0.231 e. The molecule has 0 aliphatic carbocycles. The number of nitrogens with one attached hydrogen (secondary N) is 1. The molecule has 1 aliphatic rings. The maximum absolute atomic E-state index is 13.2. The molecule has 7 heteroatoms. The molecule has 1 amide bonds. The fourth-order valence-corrected chi connectivity index (χ4v) is 4.71. The summed E-state index contributed by atoms with van der Waals surface area (Å²) in [5, 5.41) is 3.62. The fraction of sp³-hybridized carbons (Fsp3) is 0.381. The van der Waals surface area contributed by atoms with Crippen LogP contribution in [0.25, 0.3) is 0 Å². The summed E-state index contributed by atoms with van der Waals surface area (Å²) in [6.07, 6.45) is 2.37. The van der Waals surface area contributed by atoms with Gasteiger partial charge in [0.05, 0.1) is 11.2 Å². The monoisotopic (exact) mass is 421 g/mol. The first-order chi connectivity index (χ1) is 13.3. The van der Waals surface area contributed by atoms with Gasteiger partial charge in [-0.05, 0) is 35.6 Å². The van der Waals surface area contributed by atoms with Crippen LogP contribution in [0, 0.1) is 0 Å². The third-order valence-electron chi connectivity index (χ3n) is 5.08. The molecule has 1 fully saturated rings. The maximum atomic E-state index is 13.2. The van der Waals surface area contributed by atoms with Gasteiger partial charge in [-0.2, -0.15) is 0 Å². The molecule has 0 aromatic heterocycles. The van der Waals surface area contributed by atoms with Crippen molar-refractivity contribution in [2.45, 2.75) is 30.6 Å². The van der Waals surface area contributed by atoms with Crippen LogP contribution >= 0.6 is 11.6 Å². The van der Waals surface area contributed by atoms with Crippen LogP contribution < -0.4 is 5.32 Å². The van der Waals surface area contributed by atoms with E-state index in [1.165, 1.54) is 6.26 Å². The van der Waals surface area contributed by atoms with Gasteiger partial charge in [0.1, 0.15) is 0 Å². The third-order valence-corrected chi connectivity index (χ3v) is 6.26. The Bertz CT molecular complexity index is 935. The van der Waals surface area contributed by atoms with E-state index in [2.05, 4.69) is 5.32 Å². The van der Waals surface area contributed by atoms with Crippen LogP contribution in [0.3, 0.4) is 0 Å². The summed E-state index contributed by atoms with van der Waals surface area (Å²) in [7, 11) is -3.07. The molecule has 0 unspecified atom stereocenters. The molecule has 0 spiro atoms. The zero-order valence-corrected chi connectivity index (χ0v) is 17.4. The minimum atomic E-state index is -3.07. The average Bonchev–Trinajstić information content (AvgIpc) is 2.67. The summed E-state index contributed by atoms with van der Waals surface area (Å²) in [4.78, 5) is 13.2. The summed E-state index contributed by atoms with van der Waals surface area (Å²) in [5.74, 6) is -0.0565. The summed E-state index contributed by atoms with van der Waals surface area (Å²) in [6, 6.07) is 14.7. The number of carbonyl (C=O) groups is 1. The van der Waals surface area contributed by atoms with Crippen molar-refractivity contribution in [3.63, 3.8) is 0 Å². The van der Waals surface area contributed by atoms with Crippen LogP contribution in [0.15, 0.2) is 48.5 Å². The van der Waals surface area contributed by atoms with E-state index in [0.717, 1.165) is 16.7 Å². The highest BCUT2D eigenvalue weighted by Gasteiger charge is 2.42. The zero-order chi connectivity index (χ0) is 20.2. The molecule has 0 atom stereocenters. The number of benzene rings is 2. The predicted molar refractivity (Wildman–Crippen MR) is 110 cm³/mol. The van der Waals surface area contributed by atoms with E-state index >= 15 is 0 Å². The number of rotatable bonds is 6. The van der Waals surface area contributed by atoms with E-state index in [9.17, 15) is 13.2 Å². The molecule has 0 bridgehead atoms. The van der Waals surface area contributed by atoms with Gasteiger partial charge in [-0.3, -0.25) is 4.79 Å². The Balaban J connectivity index is 1.74. The first kappa shape index (κ1) is 20.8. The highest BCUT2D eigenvalue weighted by Crippen LogP contribution is 2.38. The Labute approximate surface area is 171 Å². The van der Waals surface area contributed by atoms with Crippen molar-refractivity contribution in [3.05, 3.63) is 70.2 Å². The van der Waals surface area contributed by atoms with Gasteiger partial charge < -0.3 is 10.1 Å². The van der Waals surface area contributed by atoms with Crippen LogP contribution in [-0.4, -0.2) is 33.8 Å². The van der Waals surface area contributed by atoms with Gasteiger partial charge in [-0.15, -0.1) is 0 Å². The van der Waals surface area contributed by atoms with E-state index in [0.29, 0.717) is 37.6 Å². The van der Waals surface area contributed by atoms with E-state index in [-0.39, 0.29) is 11.7 Å². The molecule has 1 N–H and O–H groups in total. The number of sulfone groups is 1. The number of carbonyl (C=O) groups excluding carboxylic acids is 1. The second-order valence-electron chi connectivity index (χ2n) is 7.24. The summed E-state index contributed by atoms with van der Waals surface area (Å²) < 4.78 is 28.3. The van der Waals surface area contributed by atoms with Crippen molar-refractivity contribution in [3.8, 4) is 0 Å². The third kappa shape index (κ3) is 4.93. The van der Waals surface area contributed by atoms with Crippen molar-refractivity contribution >= 4 is 27.3 Å². The van der Waals surface area contributed by atoms with Crippen LogP contribution in [0.2, 0.25) is 5.02 Å². The summed E-state index contributed by atoms with van der Waals surface area (Å²) in [5.41, 5.74) is 1.77. The summed E-state index contributed by atoms with van der Waals surface area (Å²) in [6.45, 7) is 1.39. The van der Waals surface area contributed by atoms with Crippen molar-refractivity contribution in [1.82, 2.24) is 5.32 Å². The topological polar surface area (TPSA) is 72.5 Å². The summed E-state index contributed by atoms with van der Waals surface area (Å²) >= 11 is 6.41. The lowest BCUT2D eigenvalue weighted by atomic mass is 9.73. The molecule has 150 valence electrons. The second-order valence-corrected chi connectivity index (χ2v) is 9.79. The predicted octanol–water partition coefficient (Wildman–Crippen LogP) is 3.25. The van der Waals surface area contributed by atoms with Gasteiger partial charge in [0.2, 0.25) is 5.91 Å². The molecule has 1 aliphatic heterocycles. The molecule has 5 nitrogen and oxygen atoms in total. The van der Waals surface area contributed by atoms with Gasteiger partial charge in [0.25, 0.3) is 0 Å². The SMILES string of the molecule is CS(=O)(=O)Cc1ccc(CNC(=O)C2(c3ccccc3Cl)CCOCC2)cc1. The number of ether oxygens (including phenoxy) is 1. The highest BCUT2D eigenvalue weighted by atomic mass is 35.5. The zero-order valence-electron chi connectivity index (χ0n) is 15.8. The van der Waals surface area contributed by atoms with Gasteiger partial charge in [0, 0.05) is 31.0 Å². The Morgan fingerprint density at radius 1 is 1.07 bits per heavy atom. The number of halogens is 1. The minimum absolute atomic E-state index is 0.00918. The maximum Gasteiger partial charge on any atom is 0.231 e. The van der Waals surface area contributed by atoms with Crippen LogP contribution in [0.1, 0.15) is 29.5 Å². The highest BCUT2D eigenvalue weighted by molar-refractivity contribution is 7.89. The van der Waals surface area contributed by atoms with E-state index in [4.69, 9.17) is 16.3 Å². The molecule has 2 aromatic carbocycles. The lowest BCUT2D eigenvalue weighted by Crippen LogP contribution is -2.48. The van der Waals surface area contributed by atoms with Crippen LogP contribution in [-0.2, 0) is 37.1 Å². The van der Waals surface area contributed by atoms with Crippen LogP contribution in [0.5, 0.6) is 0 Å². The first-order valence-corrected chi connectivity index (χ1v) is 11.6. The normalized spacial score (nSPS) is 16.5. The molecule has 1 heterocycles. The number of hydrogen-bond donors (Lipinski definition) is 1. The van der Waals surface area contributed by atoms with Crippen molar-refractivity contribution in [2.75, 3.05) is 19.5 Å². The average molecular weight is 422 g/mol. The van der Waals surface area contributed by atoms with Crippen molar-refractivity contribution in [2.24, 2.45) is 0 Å². The van der Waals surface area contributed by atoms with Crippen molar-refractivity contribution < 1.29 is 17.9 Å². The minimum Gasteiger partial charge on any atom is -0.381 e. The molecule has 28 heavy (non-hydrogen) atoms. The number of hydrogen-bond acceptors (Lipinski definition) is 4. The molecular weight excluding hydrogens is 398 g/mol. The van der Waals surface area contributed by atoms with Gasteiger partial charge in [0.15, 0.2) is 9.84 Å². The fourth-order valence-electron chi connectivity index (χ4n) is 3.60. The van der Waals surface area contributed by atoms with Gasteiger partial charge in [-0.25, -0.2) is 8.42 Å². The quantitative estimate of drug-likeness (QED) is 0.777. The van der Waals surface area contributed by atoms with Gasteiger partial charge in [-0.1, -0.05) is 54.1 Å². The lowest BCUT2D eigenvalue weighted by Gasteiger charge is -2.36. The van der Waals surface area contributed by atoms with Gasteiger partial charge >= 0.3 is 0 Å². The Morgan fingerprint density at radius 3 is 2.29 bits per heavy atom. The van der Waals surface area contributed by atoms with Crippen molar-refractivity contribution in [1.29, 1.82) is 0 Å². The molecule has 0 radical (unpaired) electrons. The largest absolute Gasteiger partial charge is 0.381 e.